The molecule has 0 amide bonds. The molecule has 0 atom stereocenters. The summed E-state index contributed by atoms with van der Waals surface area (Å²) in [5, 5.41) is 42.7. The molecule has 0 saturated carbocycles. The van der Waals surface area contributed by atoms with Crippen LogP contribution in [0.2, 0.25) is 0 Å². The van der Waals surface area contributed by atoms with Crippen LogP contribution in [0.25, 0.3) is 0 Å². The Hall–Kier alpha value is -4.44. The second-order valence-electron chi connectivity index (χ2n) is 11.2. The normalized spacial score (nSPS) is 11.0. The molecule has 4 rings (SSSR count). The van der Waals surface area contributed by atoms with Crippen LogP contribution in [0.15, 0.2) is 73.8 Å². The van der Waals surface area contributed by atoms with Crippen LogP contribution in [0.4, 0.5) is 0 Å². The molecule has 0 aliphatic heterocycles. The molecule has 212 valence electrons. The molecule has 0 aliphatic rings. The fraction of sp³-hybridized carbons (Fsp3) is 0.243. The number of benzene rings is 4. The van der Waals surface area contributed by atoms with Gasteiger partial charge in [-0.25, -0.2) is 0 Å². The fourth-order valence-electron chi connectivity index (χ4n) is 5.73. The summed E-state index contributed by atoms with van der Waals surface area (Å²) in [6.07, 6.45) is 6.36. The zero-order chi connectivity index (χ0) is 29.8. The van der Waals surface area contributed by atoms with Gasteiger partial charge in [0.15, 0.2) is 0 Å². The molecular formula is C37H40O4. The Morgan fingerprint density at radius 2 is 0.732 bits per heavy atom. The highest BCUT2D eigenvalue weighted by molar-refractivity contribution is 5.52. The molecule has 41 heavy (non-hydrogen) atoms. The van der Waals surface area contributed by atoms with Crippen molar-refractivity contribution in [2.75, 3.05) is 0 Å². The zero-order valence-corrected chi connectivity index (χ0v) is 24.5. The van der Waals surface area contributed by atoms with E-state index < -0.39 is 0 Å². The highest BCUT2D eigenvalue weighted by atomic mass is 16.3. The third-order valence-electron chi connectivity index (χ3n) is 7.68. The van der Waals surface area contributed by atoms with Gasteiger partial charge in [-0.1, -0.05) is 60.7 Å². The Morgan fingerprint density at radius 1 is 0.439 bits per heavy atom. The first-order chi connectivity index (χ1) is 19.5. The lowest BCUT2D eigenvalue weighted by molar-refractivity contribution is 0.463. The molecule has 4 aromatic carbocycles. The molecule has 0 aliphatic carbocycles. The van der Waals surface area contributed by atoms with Crippen LogP contribution in [-0.2, 0) is 32.1 Å². The molecule has 4 aromatic rings. The van der Waals surface area contributed by atoms with Gasteiger partial charge in [-0.3, -0.25) is 0 Å². The largest absolute Gasteiger partial charge is 0.507 e. The van der Waals surface area contributed by atoms with E-state index in [4.69, 9.17) is 0 Å². The van der Waals surface area contributed by atoms with E-state index >= 15 is 0 Å². The third-order valence-corrected chi connectivity index (χ3v) is 7.68. The molecule has 0 bridgehead atoms. The van der Waals surface area contributed by atoms with E-state index in [1.165, 1.54) is 0 Å². The van der Waals surface area contributed by atoms with Crippen molar-refractivity contribution < 1.29 is 20.4 Å². The highest BCUT2D eigenvalue weighted by Gasteiger charge is 2.15. The Bertz CT molecular complexity index is 1460. The standard InChI is InChI=1S/C37H40O4/c1-7-9-30-16-28(20-32(36(30)40)18-26-11-22(3)34(38)23(4)12-26)15-29-17-31(10-8-2)37(41)33(21-29)19-27-13-24(5)35(39)25(6)14-27/h7-8,11-14,16-17,20-21,38-41H,1-2,9-10,15,18-19H2,3-6H3. The topological polar surface area (TPSA) is 80.9 Å². The maximum atomic E-state index is 11.1. The van der Waals surface area contributed by atoms with E-state index in [0.717, 1.165) is 66.8 Å². The quantitative estimate of drug-likeness (QED) is 0.152. The summed E-state index contributed by atoms with van der Waals surface area (Å²) in [6, 6.07) is 16.0. The van der Waals surface area contributed by atoms with Crippen molar-refractivity contribution in [2.24, 2.45) is 0 Å². The predicted molar refractivity (Wildman–Crippen MR) is 168 cm³/mol. The molecule has 0 unspecified atom stereocenters. The predicted octanol–water partition coefficient (Wildman–Crippen LogP) is 7.97. The summed E-state index contributed by atoms with van der Waals surface area (Å²) >= 11 is 0. The SMILES string of the molecule is C=CCc1cc(Cc2cc(CC=C)c(O)c(Cc3cc(C)c(O)c(C)c3)c2)cc(Cc2cc(C)c(O)c(C)c2)c1O. The van der Waals surface area contributed by atoms with Gasteiger partial charge in [0, 0.05) is 12.8 Å². The fourth-order valence-corrected chi connectivity index (χ4v) is 5.73. The maximum absolute atomic E-state index is 11.1. The van der Waals surface area contributed by atoms with Gasteiger partial charge in [-0.2, -0.15) is 0 Å². The molecule has 4 heteroatoms. The molecule has 4 N–H and O–H groups in total. The average molecular weight is 549 g/mol. The summed E-state index contributed by atoms with van der Waals surface area (Å²) in [5.74, 6) is 1.15. The monoisotopic (exact) mass is 548 g/mol. The third kappa shape index (κ3) is 6.66. The number of hydrogen-bond acceptors (Lipinski definition) is 4. The molecule has 0 saturated heterocycles. The molecular weight excluding hydrogens is 508 g/mol. The molecule has 4 nitrogen and oxygen atoms in total. The van der Waals surface area contributed by atoms with Crippen LogP contribution in [-0.4, -0.2) is 20.4 Å². The summed E-state index contributed by atoms with van der Waals surface area (Å²) < 4.78 is 0. The van der Waals surface area contributed by atoms with Crippen molar-refractivity contribution in [3.05, 3.63) is 141 Å². The van der Waals surface area contributed by atoms with Crippen molar-refractivity contribution in [3.63, 3.8) is 0 Å². The van der Waals surface area contributed by atoms with Gasteiger partial charge in [-0.15, -0.1) is 13.2 Å². The van der Waals surface area contributed by atoms with E-state index in [-0.39, 0.29) is 11.5 Å². The van der Waals surface area contributed by atoms with Crippen LogP contribution < -0.4 is 0 Å². The second-order valence-corrected chi connectivity index (χ2v) is 11.2. The summed E-state index contributed by atoms with van der Waals surface area (Å²) in [6.45, 7) is 15.3. The maximum Gasteiger partial charge on any atom is 0.122 e. The Morgan fingerprint density at radius 3 is 1.05 bits per heavy atom. The number of aryl methyl sites for hydroxylation is 4. The molecule has 0 fully saturated rings. The number of aromatic hydroxyl groups is 4. The number of hydrogen-bond donors (Lipinski definition) is 4. The van der Waals surface area contributed by atoms with Gasteiger partial charge >= 0.3 is 0 Å². The van der Waals surface area contributed by atoms with Crippen LogP contribution in [0.3, 0.4) is 0 Å². The Labute approximate surface area is 243 Å². The summed E-state index contributed by atoms with van der Waals surface area (Å²) in [7, 11) is 0. The first-order valence-electron chi connectivity index (χ1n) is 14.0. The number of phenols is 4. The van der Waals surface area contributed by atoms with E-state index in [2.05, 4.69) is 13.2 Å². The van der Waals surface area contributed by atoms with Crippen molar-refractivity contribution >= 4 is 0 Å². The zero-order valence-electron chi connectivity index (χ0n) is 24.5. The van der Waals surface area contributed by atoms with Crippen LogP contribution in [0.5, 0.6) is 23.0 Å². The van der Waals surface area contributed by atoms with Gasteiger partial charge in [0.1, 0.15) is 23.0 Å². The minimum atomic E-state index is 0.272. The van der Waals surface area contributed by atoms with Gasteiger partial charge in [0.05, 0.1) is 0 Å². The first-order valence-corrected chi connectivity index (χ1v) is 14.0. The second kappa shape index (κ2) is 12.4. The Balaban J connectivity index is 1.74. The van der Waals surface area contributed by atoms with E-state index in [1.807, 2.05) is 76.2 Å². The average Bonchev–Trinajstić information content (AvgIpc) is 2.91. The van der Waals surface area contributed by atoms with Crippen LogP contribution in [0.1, 0.15) is 66.8 Å². The van der Waals surface area contributed by atoms with Crippen molar-refractivity contribution in [1.29, 1.82) is 0 Å². The van der Waals surface area contributed by atoms with Crippen LogP contribution >= 0.6 is 0 Å². The summed E-state index contributed by atoms with van der Waals surface area (Å²) in [5.41, 5.74) is 10.7. The van der Waals surface area contributed by atoms with E-state index in [0.29, 0.717) is 43.6 Å². The van der Waals surface area contributed by atoms with Gasteiger partial charge in [0.25, 0.3) is 0 Å². The molecule has 0 aromatic heterocycles. The number of phenolic OH excluding ortho intramolecular Hbond substituents is 4. The van der Waals surface area contributed by atoms with Gasteiger partial charge in [-0.05, 0) is 114 Å². The molecule has 0 spiro atoms. The number of rotatable bonds is 10. The van der Waals surface area contributed by atoms with E-state index in [9.17, 15) is 20.4 Å². The van der Waals surface area contributed by atoms with Crippen molar-refractivity contribution in [2.45, 2.75) is 59.8 Å². The van der Waals surface area contributed by atoms with Crippen molar-refractivity contribution in [3.8, 4) is 23.0 Å². The van der Waals surface area contributed by atoms with Crippen LogP contribution in [0, 0.1) is 27.7 Å². The molecule has 0 heterocycles. The number of allylic oxidation sites excluding steroid dienone is 2. The van der Waals surface area contributed by atoms with Crippen molar-refractivity contribution in [1.82, 2.24) is 0 Å². The molecule has 0 radical (unpaired) electrons. The first kappa shape index (κ1) is 29.5. The Kier molecular flexibility index (Phi) is 8.92. The lowest BCUT2D eigenvalue weighted by Crippen LogP contribution is -2.01. The van der Waals surface area contributed by atoms with E-state index in [1.54, 1.807) is 12.2 Å². The smallest absolute Gasteiger partial charge is 0.122 e. The van der Waals surface area contributed by atoms with Gasteiger partial charge in [0.2, 0.25) is 0 Å². The minimum absolute atomic E-state index is 0.272. The minimum Gasteiger partial charge on any atom is -0.507 e. The highest BCUT2D eigenvalue weighted by Crippen LogP contribution is 2.34. The lowest BCUT2D eigenvalue weighted by atomic mass is 9.90. The van der Waals surface area contributed by atoms with Gasteiger partial charge < -0.3 is 20.4 Å². The lowest BCUT2D eigenvalue weighted by Gasteiger charge is -2.16. The summed E-state index contributed by atoms with van der Waals surface area (Å²) in [4.78, 5) is 0.